The molecule has 138 valence electrons. The van der Waals surface area contributed by atoms with Crippen LogP contribution in [0.5, 0.6) is 0 Å². The first kappa shape index (κ1) is 19.0. The van der Waals surface area contributed by atoms with Crippen molar-refractivity contribution in [3.05, 3.63) is 66.7 Å². The Hall–Kier alpha value is -2.78. The molecule has 0 saturated heterocycles. The lowest BCUT2D eigenvalue weighted by atomic mass is 9.95. The summed E-state index contributed by atoms with van der Waals surface area (Å²) in [6.07, 6.45) is 0. The summed E-state index contributed by atoms with van der Waals surface area (Å²) in [4.78, 5) is 9.23. The zero-order chi connectivity index (χ0) is 18.3. The molecule has 4 aromatic rings. The van der Waals surface area contributed by atoms with E-state index in [9.17, 15) is 0 Å². The van der Waals surface area contributed by atoms with Crippen LogP contribution in [0.25, 0.3) is 32.9 Å². The molecule has 0 radical (unpaired) electrons. The molecule has 0 saturated carbocycles. The average molecular weight is 378 g/mol. The van der Waals surface area contributed by atoms with Crippen LogP contribution in [0, 0.1) is 0 Å². The molecule has 1 aromatic heterocycles. The lowest BCUT2D eigenvalue weighted by Gasteiger charge is -2.17. The van der Waals surface area contributed by atoms with Crippen molar-refractivity contribution in [2.75, 3.05) is 38.0 Å². The van der Waals surface area contributed by atoms with E-state index in [2.05, 4.69) is 105 Å². The summed E-state index contributed by atoms with van der Waals surface area (Å²) in [6, 6.07) is 23.6. The Kier molecular flexibility index (Phi) is 5.24. The normalized spacial score (nSPS) is 10.7. The van der Waals surface area contributed by atoms with E-state index in [1.165, 1.54) is 21.9 Å². The van der Waals surface area contributed by atoms with Gasteiger partial charge in [-0.1, -0.05) is 42.5 Å². The van der Waals surface area contributed by atoms with E-state index in [0.717, 1.165) is 22.4 Å². The number of anilines is 2. The molecule has 3 aromatic carbocycles. The Bertz CT molecular complexity index is 1020. The highest BCUT2D eigenvalue weighted by molar-refractivity contribution is 6.10. The summed E-state index contributed by atoms with van der Waals surface area (Å²) in [5, 5.41) is 2.37. The fourth-order valence-corrected chi connectivity index (χ4v) is 3.39. The quantitative estimate of drug-likeness (QED) is 0.432. The number of hydrogen-bond acceptors (Lipinski definition) is 3. The number of rotatable bonds is 3. The fourth-order valence-electron chi connectivity index (χ4n) is 3.39. The van der Waals surface area contributed by atoms with Gasteiger partial charge in [0.15, 0.2) is 0 Å². The Labute approximate surface area is 166 Å². The Morgan fingerprint density at radius 2 is 1.11 bits per heavy atom. The molecule has 0 fully saturated rings. The van der Waals surface area contributed by atoms with E-state index in [4.69, 9.17) is 4.98 Å². The number of halogens is 1. The SMILES string of the molecule is CN(C)c1ccc2c(-c3ccccc3)c3ccc(N(C)C)cc3nc2c1.Cl. The van der Waals surface area contributed by atoms with Crippen molar-refractivity contribution < 1.29 is 0 Å². The molecule has 27 heavy (non-hydrogen) atoms. The van der Waals surface area contributed by atoms with Crippen LogP contribution < -0.4 is 9.80 Å². The summed E-state index contributed by atoms with van der Waals surface area (Å²) in [5.41, 5.74) is 6.84. The van der Waals surface area contributed by atoms with E-state index in [1.807, 2.05) is 0 Å². The van der Waals surface area contributed by atoms with Gasteiger partial charge in [-0.3, -0.25) is 0 Å². The van der Waals surface area contributed by atoms with Crippen molar-refractivity contribution in [2.45, 2.75) is 0 Å². The second kappa shape index (κ2) is 7.45. The van der Waals surface area contributed by atoms with Gasteiger partial charge in [-0.25, -0.2) is 4.98 Å². The number of aromatic nitrogens is 1. The van der Waals surface area contributed by atoms with Gasteiger partial charge in [-0.15, -0.1) is 12.4 Å². The molecule has 0 amide bonds. The predicted octanol–water partition coefficient (Wildman–Crippen LogP) is 5.61. The third-order valence-corrected chi connectivity index (χ3v) is 4.84. The maximum absolute atomic E-state index is 5.00. The first-order valence-electron chi connectivity index (χ1n) is 8.82. The van der Waals surface area contributed by atoms with Crippen LogP contribution in [0.4, 0.5) is 11.4 Å². The van der Waals surface area contributed by atoms with Gasteiger partial charge in [0.25, 0.3) is 0 Å². The third-order valence-electron chi connectivity index (χ3n) is 4.84. The Morgan fingerprint density at radius 1 is 0.630 bits per heavy atom. The number of hydrogen-bond donors (Lipinski definition) is 0. The first-order chi connectivity index (χ1) is 12.5. The van der Waals surface area contributed by atoms with E-state index in [1.54, 1.807) is 0 Å². The number of benzene rings is 3. The zero-order valence-electron chi connectivity index (χ0n) is 16.1. The van der Waals surface area contributed by atoms with Crippen molar-refractivity contribution in [3.8, 4) is 11.1 Å². The standard InChI is InChI=1S/C23H23N3.ClH/c1-25(2)17-10-12-19-21(14-17)24-22-15-18(26(3)4)11-13-20(22)23(19)16-8-6-5-7-9-16;/h5-15H,1-4H3;1H. The summed E-state index contributed by atoms with van der Waals surface area (Å²) < 4.78 is 0. The van der Waals surface area contributed by atoms with Crippen LogP contribution in [0.3, 0.4) is 0 Å². The molecule has 0 aliphatic heterocycles. The van der Waals surface area contributed by atoms with E-state index >= 15 is 0 Å². The molecule has 0 atom stereocenters. The number of pyridine rings is 1. The summed E-state index contributed by atoms with van der Waals surface area (Å²) in [6.45, 7) is 0. The molecule has 0 spiro atoms. The smallest absolute Gasteiger partial charge is 0.0736 e. The molecular formula is C23H24ClN3. The van der Waals surface area contributed by atoms with E-state index in [0.29, 0.717) is 0 Å². The van der Waals surface area contributed by atoms with Crippen LogP contribution in [0.15, 0.2) is 66.7 Å². The zero-order valence-corrected chi connectivity index (χ0v) is 16.9. The average Bonchev–Trinajstić information content (AvgIpc) is 2.65. The summed E-state index contributed by atoms with van der Waals surface area (Å²) in [5.74, 6) is 0. The number of fused-ring (bicyclic) bond motifs is 2. The van der Waals surface area contributed by atoms with E-state index in [-0.39, 0.29) is 12.4 Å². The summed E-state index contributed by atoms with van der Waals surface area (Å²) >= 11 is 0. The fraction of sp³-hybridized carbons (Fsp3) is 0.174. The third kappa shape index (κ3) is 3.43. The van der Waals surface area contributed by atoms with Crippen molar-refractivity contribution in [2.24, 2.45) is 0 Å². The maximum atomic E-state index is 5.00. The molecule has 3 nitrogen and oxygen atoms in total. The van der Waals surface area contributed by atoms with Crippen molar-refractivity contribution in [1.29, 1.82) is 0 Å². The number of nitrogens with zero attached hydrogens (tertiary/aromatic N) is 3. The second-order valence-electron chi connectivity index (χ2n) is 7.04. The minimum absolute atomic E-state index is 0. The maximum Gasteiger partial charge on any atom is 0.0736 e. The molecule has 0 N–H and O–H groups in total. The van der Waals surface area contributed by atoms with Crippen molar-refractivity contribution >= 4 is 45.6 Å². The van der Waals surface area contributed by atoms with Crippen molar-refractivity contribution in [1.82, 2.24) is 4.98 Å². The molecule has 0 aliphatic carbocycles. The van der Waals surface area contributed by atoms with E-state index < -0.39 is 0 Å². The monoisotopic (exact) mass is 377 g/mol. The van der Waals surface area contributed by atoms with Gasteiger partial charge in [0.05, 0.1) is 11.0 Å². The van der Waals surface area contributed by atoms with Gasteiger partial charge in [0.2, 0.25) is 0 Å². The molecule has 4 heteroatoms. The molecule has 0 unspecified atom stereocenters. The highest BCUT2D eigenvalue weighted by Crippen LogP contribution is 2.37. The Morgan fingerprint density at radius 3 is 1.56 bits per heavy atom. The Balaban J connectivity index is 0.00000210. The highest BCUT2D eigenvalue weighted by atomic mass is 35.5. The van der Waals surface area contributed by atoms with Gasteiger partial charge in [-0.2, -0.15) is 0 Å². The minimum Gasteiger partial charge on any atom is -0.378 e. The highest BCUT2D eigenvalue weighted by Gasteiger charge is 2.13. The summed E-state index contributed by atoms with van der Waals surface area (Å²) in [7, 11) is 8.24. The molecular weight excluding hydrogens is 354 g/mol. The van der Waals surface area contributed by atoms with Gasteiger partial charge >= 0.3 is 0 Å². The van der Waals surface area contributed by atoms with Crippen LogP contribution >= 0.6 is 12.4 Å². The largest absolute Gasteiger partial charge is 0.378 e. The predicted molar refractivity (Wildman–Crippen MR) is 121 cm³/mol. The minimum atomic E-state index is 0. The lowest BCUT2D eigenvalue weighted by Crippen LogP contribution is -2.09. The molecule has 1 heterocycles. The van der Waals surface area contributed by atoms with Crippen LogP contribution in [0.2, 0.25) is 0 Å². The first-order valence-corrected chi connectivity index (χ1v) is 8.82. The topological polar surface area (TPSA) is 19.4 Å². The van der Waals surface area contributed by atoms with Gasteiger partial charge in [0.1, 0.15) is 0 Å². The van der Waals surface area contributed by atoms with Gasteiger partial charge in [0, 0.05) is 55.9 Å². The lowest BCUT2D eigenvalue weighted by molar-refractivity contribution is 1.13. The van der Waals surface area contributed by atoms with Crippen LogP contribution in [-0.2, 0) is 0 Å². The molecule has 0 aliphatic rings. The van der Waals surface area contributed by atoms with Gasteiger partial charge in [-0.05, 0) is 29.8 Å². The second-order valence-corrected chi connectivity index (χ2v) is 7.04. The molecule has 0 bridgehead atoms. The van der Waals surface area contributed by atoms with Crippen LogP contribution in [0.1, 0.15) is 0 Å². The molecule has 4 rings (SSSR count). The van der Waals surface area contributed by atoms with Gasteiger partial charge < -0.3 is 9.80 Å². The van der Waals surface area contributed by atoms with Crippen LogP contribution in [-0.4, -0.2) is 33.2 Å². The van der Waals surface area contributed by atoms with Crippen molar-refractivity contribution in [3.63, 3.8) is 0 Å².